The molecule has 2 aromatic rings. The number of nitrogens with zero attached hydrogens (tertiary/aromatic N) is 1. The summed E-state index contributed by atoms with van der Waals surface area (Å²) in [6, 6.07) is 9.32. The zero-order valence-electron chi connectivity index (χ0n) is 10.2. The second-order valence-corrected chi connectivity index (χ2v) is 3.93. The van der Waals surface area contributed by atoms with E-state index >= 15 is 0 Å². The molecule has 0 aliphatic heterocycles. The summed E-state index contributed by atoms with van der Waals surface area (Å²) in [6.07, 6.45) is 2.63. The van der Waals surface area contributed by atoms with E-state index in [2.05, 4.69) is 20.8 Å². The number of hydrogen-bond acceptors (Lipinski definition) is 2. The number of urea groups is 1. The van der Waals surface area contributed by atoms with Crippen molar-refractivity contribution in [3.05, 3.63) is 36.5 Å². The highest BCUT2D eigenvalue weighted by molar-refractivity contribution is 5.89. The number of carbonyl (C=O) groups excluding carboxylic acids is 1. The van der Waals surface area contributed by atoms with Crippen molar-refractivity contribution in [2.24, 2.45) is 0 Å². The first-order valence-electron chi connectivity index (χ1n) is 5.94. The number of rotatable bonds is 4. The molecular weight excluding hydrogens is 228 g/mol. The molecule has 1 aromatic heterocycles. The van der Waals surface area contributed by atoms with Gasteiger partial charge in [0.15, 0.2) is 0 Å². The third-order valence-corrected chi connectivity index (χ3v) is 2.49. The Hall–Kier alpha value is -2.30. The van der Waals surface area contributed by atoms with Gasteiger partial charge in [-0.1, -0.05) is 19.1 Å². The molecule has 0 aliphatic rings. The Kier molecular flexibility index (Phi) is 3.96. The van der Waals surface area contributed by atoms with E-state index in [1.807, 2.05) is 37.3 Å². The Morgan fingerprint density at radius 1 is 1.28 bits per heavy atom. The summed E-state index contributed by atoms with van der Waals surface area (Å²) >= 11 is 0. The molecule has 0 fully saturated rings. The molecule has 0 atom stereocenters. The lowest BCUT2D eigenvalue weighted by Crippen LogP contribution is -2.29. The van der Waals surface area contributed by atoms with Gasteiger partial charge in [0.2, 0.25) is 0 Å². The van der Waals surface area contributed by atoms with Gasteiger partial charge in [0.05, 0.1) is 5.69 Å². The summed E-state index contributed by atoms with van der Waals surface area (Å²) < 4.78 is 0. The largest absolute Gasteiger partial charge is 0.338 e. The maximum Gasteiger partial charge on any atom is 0.319 e. The Morgan fingerprint density at radius 2 is 2.06 bits per heavy atom. The quantitative estimate of drug-likeness (QED) is 0.773. The molecule has 2 amide bonds. The number of aromatic amines is 1. The molecule has 0 radical (unpaired) electrons. The van der Waals surface area contributed by atoms with Crippen molar-refractivity contribution in [1.82, 2.24) is 15.5 Å². The monoisotopic (exact) mass is 244 g/mol. The minimum atomic E-state index is -0.175. The number of anilines is 1. The maximum absolute atomic E-state index is 11.4. The van der Waals surface area contributed by atoms with E-state index in [9.17, 15) is 4.79 Å². The van der Waals surface area contributed by atoms with E-state index in [1.54, 1.807) is 6.20 Å². The number of aromatic nitrogens is 2. The van der Waals surface area contributed by atoms with Crippen LogP contribution in [0, 0.1) is 0 Å². The van der Waals surface area contributed by atoms with E-state index in [0.717, 1.165) is 23.4 Å². The molecular formula is C13H16N4O. The fourth-order valence-corrected chi connectivity index (χ4v) is 1.56. The first kappa shape index (κ1) is 12.2. The van der Waals surface area contributed by atoms with Crippen LogP contribution in [0.5, 0.6) is 0 Å². The van der Waals surface area contributed by atoms with Gasteiger partial charge in [-0.2, -0.15) is 5.10 Å². The highest BCUT2D eigenvalue weighted by Crippen LogP contribution is 2.18. The molecule has 3 N–H and O–H groups in total. The molecule has 0 aliphatic carbocycles. The summed E-state index contributed by atoms with van der Waals surface area (Å²) in [6.45, 7) is 2.69. The molecule has 2 rings (SSSR count). The van der Waals surface area contributed by atoms with Crippen molar-refractivity contribution in [1.29, 1.82) is 0 Å². The predicted molar refractivity (Wildman–Crippen MR) is 71.3 cm³/mol. The minimum Gasteiger partial charge on any atom is -0.338 e. The van der Waals surface area contributed by atoms with Crippen LogP contribution in [0.15, 0.2) is 36.5 Å². The van der Waals surface area contributed by atoms with Crippen LogP contribution < -0.4 is 10.6 Å². The highest BCUT2D eigenvalue weighted by Gasteiger charge is 2.02. The lowest BCUT2D eigenvalue weighted by molar-refractivity contribution is 0.252. The Morgan fingerprint density at radius 3 is 2.67 bits per heavy atom. The Balaban J connectivity index is 1.98. The van der Waals surface area contributed by atoms with Gasteiger partial charge in [0.1, 0.15) is 0 Å². The SMILES string of the molecule is CCCNC(=O)Nc1ccc(-c2ccn[nH]2)cc1. The van der Waals surface area contributed by atoms with Crippen molar-refractivity contribution in [2.45, 2.75) is 13.3 Å². The number of benzene rings is 1. The molecule has 94 valence electrons. The van der Waals surface area contributed by atoms with Crippen LogP contribution in [0.4, 0.5) is 10.5 Å². The summed E-state index contributed by atoms with van der Waals surface area (Å²) in [7, 11) is 0. The van der Waals surface area contributed by atoms with Gasteiger partial charge in [-0.15, -0.1) is 0 Å². The first-order chi connectivity index (χ1) is 8.79. The lowest BCUT2D eigenvalue weighted by Gasteiger charge is -2.07. The standard InChI is InChI=1S/C13H16N4O/c1-2-8-14-13(18)16-11-5-3-10(4-6-11)12-7-9-15-17-12/h3-7,9H,2,8H2,1H3,(H,15,17)(H2,14,16,18). The molecule has 1 aromatic carbocycles. The van der Waals surface area contributed by atoms with E-state index in [1.165, 1.54) is 0 Å². The van der Waals surface area contributed by atoms with E-state index in [4.69, 9.17) is 0 Å². The van der Waals surface area contributed by atoms with Crippen LogP contribution in [0.1, 0.15) is 13.3 Å². The fourth-order valence-electron chi connectivity index (χ4n) is 1.56. The average Bonchev–Trinajstić information content (AvgIpc) is 2.91. The summed E-state index contributed by atoms with van der Waals surface area (Å²) in [5, 5.41) is 12.3. The van der Waals surface area contributed by atoms with Crippen molar-refractivity contribution < 1.29 is 4.79 Å². The minimum absolute atomic E-state index is 0.175. The number of carbonyl (C=O) groups is 1. The molecule has 18 heavy (non-hydrogen) atoms. The smallest absolute Gasteiger partial charge is 0.319 e. The third kappa shape index (κ3) is 3.10. The van der Waals surface area contributed by atoms with Gasteiger partial charge in [0.25, 0.3) is 0 Å². The second-order valence-electron chi connectivity index (χ2n) is 3.93. The number of H-pyrrole nitrogens is 1. The molecule has 0 saturated heterocycles. The normalized spacial score (nSPS) is 10.1. The predicted octanol–water partition coefficient (Wildman–Crippen LogP) is 2.61. The first-order valence-corrected chi connectivity index (χ1v) is 5.94. The maximum atomic E-state index is 11.4. The Labute approximate surface area is 106 Å². The topological polar surface area (TPSA) is 69.8 Å². The summed E-state index contributed by atoms with van der Waals surface area (Å²) in [5.74, 6) is 0. The number of amides is 2. The van der Waals surface area contributed by atoms with Crippen LogP contribution in [-0.4, -0.2) is 22.8 Å². The lowest BCUT2D eigenvalue weighted by atomic mass is 10.1. The molecule has 0 bridgehead atoms. The van der Waals surface area contributed by atoms with Gasteiger partial charge in [-0.05, 0) is 30.2 Å². The van der Waals surface area contributed by atoms with Gasteiger partial charge in [0, 0.05) is 18.4 Å². The van der Waals surface area contributed by atoms with Gasteiger partial charge < -0.3 is 10.6 Å². The molecule has 5 heteroatoms. The summed E-state index contributed by atoms with van der Waals surface area (Å²) in [4.78, 5) is 11.4. The number of hydrogen-bond donors (Lipinski definition) is 3. The molecule has 0 unspecified atom stereocenters. The van der Waals surface area contributed by atoms with Crippen LogP contribution in [0.3, 0.4) is 0 Å². The van der Waals surface area contributed by atoms with Gasteiger partial charge >= 0.3 is 6.03 Å². The zero-order chi connectivity index (χ0) is 12.8. The van der Waals surface area contributed by atoms with Crippen molar-refractivity contribution >= 4 is 11.7 Å². The van der Waals surface area contributed by atoms with Gasteiger partial charge in [-0.25, -0.2) is 4.79 Å². The van der Waals surface area contributed by atoms with E-state index in [-0.39, 0.29) is 6.03 Å². The van der Waals surface area contributed by atoms with Crippen LogP contribution in [0.2, 0.25) is 0 Å². The average molecular weight is 244 g/mol. The highest BCUT2D eigenvalue weighted by atomic mass is 16.2. The van der Waals surface area contributed by atoms with Crippen LogP contribution in [-0.2, 0) is 0 Å². The molecule has 0 saturated carbocycles. The van der Waals surface area contributed by atoms with Crippen LogP contribution >= 0.6 is 0 Å². The van der Waals surface area contributed by atoms with Gasteiger partial charge in [-0.3, -0.25) is 5.10 Å². The molecule has 1 heterocycles. The number of nitrogens with one attached hydrogen (secondary N) is 3. The van der Waals surface area contributed by atoms with E-state index < -0.39 is 0 Å². The summed E-state index contributed by atoms with van der Waals surface area (Å²) in [5.41, 5.74) is 2.76. The molecule has 0 spiro atoms. The van der Waals surface area contributed by atoms with E-state index in [0.29, 0.717) is 6.54 Å². The van der Waals surface area contributed by atoms with Crippen LogP contribution in [0.25, 0.3) is 11.3 Å². The van der Waals surface area contributed by atoms with Crippen molar-refractivity contribution in [2.75, 3.05) is 11.9 Å². The fraction of sp³-hybridized carbons (Fsp3) is 0.231. The Bertz CT molecular complexity index is 490. The molecule has 5 nitrogen and oxygen atoms in total. The zero-order valence-corrected chi connectivity index (χ0v) is 10.2. The van der Waals surface area contributed by atoms with Crippen molar-refractivity contribution in [3.8, 4) is 11.3 Å². The second kappa shape index (κ2) is 5.86. The van der Waals surface area contributed by atoms with Crippen molar-refractivity contribution in [3.63, 3.8) is 0 Å². The third-order valence-electron chi connectivity index (χ3n) is 2.49.